The predicted octanol–water partition coefficient (Wildman–Crippen LogP) is 2.58. The summed E-state index contributed by atoms with van der Waals surface area (Å²) in [5, 5.41) is 10.8. The Balaban J connectivity index is 1.71. The molecule has 3 aromatic heterocycles. The van der Waals surface area contributed by atoms with Crippen LogP contribution in [0.5, 0.6) is 5.75 Å². The Kier molecular flexibility index (Phi) is 5.81. The molecule has 1 aliphatic rings. The van der Waals surface area contributed by atoms with Gasteiger partial charge in [-0.15, -0.1) is 0 Å². The Hall–Kier alpha value is -3.19. The molecule has 0 radical (unpaired) electrons. The summed E-state index contributed by atoms with van der Waals surface area (Å²) in [7, 11) is 0. The molecule has 0 bridgehead atoms. The van der Waals surface area contributed by atoms with E-state index >= 15 is 0 Å². The number of hydrogen-bond donors (Lipinski definition) is 1. The fourth-order valence-corrected chi connectivity index (χ4v) is 4.22. The van der Waals surface area contributed by atoms with Crippen LogP contribution in [-0.2, 0) is 6.54 Å². The summed E-state index contributed by atoms with van der Waals surface area (Å²) in [6.45, 7) is 7.38. The average Bonchev–Trinajstić information content (AvgIpc) is 2.78. The number of hydrogen-bond acceptors (Lipinski definition) is 6. The Labute approximate surface area is 176 Å². The largest absolute Gasteiger partial charge is 0.507 e. The first-order valence-corrected chi connectivity index (χ1v) is 10.3. The van der Waals surface area contributed by atoms with Crippen LogP contribution in [-0.4, -0.2) is 50.7 Å². The van der Waals surface area contributed by atoms with Crippen LogP contribution in [0.1, 0.15) is 29.9 Å². The normalized spacial score (nSPS) is 15.9. The number of pyridine rings is 3. The summed E-state index contributed by atoms with van der Waals surface area (Å²) in [5.41, 5.74) is 1.76. The van der Waals surface area contributed by atoms with Gasteiger partial charge in [0.05, 0.1) is 17.3 Å². The molecule has 1 fully saturated rings. The molecular weight excluding hydrogens is 378 g/mol. The van der Waals surface area contributed by atoms with Crippen molar-refractivity contribution >= 4 is 5.82 Å². The van der Waals surface area contributed by atoms with E-state index in [2.05, 4.69) is 19.8 Å². The van der Waals surface area contributed by atoms with Crippen LogP contribution in [0.3, 0.4) is 0 Å². The van der Waals surface area contributed by atoms with Crippen molar-refractivity contribution in [3.8, 4) is 5.75 Å². The molecule has 0 saturated carbocycles. The van der Waals surface area contributed by atoms with Crippen LogP contribution in [0, 0.1) is 6.92 Å². The zero-order valence-corrected chi connectivity index (χ0v) is 17.4. The maximum Gasteiger partial charge on any atom is 0.259 e. The quantitative estimate of drug-likeness (QED) is 0.703. The summed E-state index contributed by atoms with van der Waals surface area (Å²) in [6.07, 6.45) is 3.53. The summed E-state index contributed by atoms with van der Waals surface area (Å²) < 4.78 is 1.70. The first kappa shape index (κ1) is 20.1. The molecule has 7 nitrogen and oxygen atoms in total. The number of aromatic nitrogens is 3. The molecular formula is C23H27N5O2. The first-order valence-electron chi connectivity index (χ1n) is 10.3. The number of rotatable bonds is 5. The van der Waals surface area contributed by atoms with E-state index in [-0.39, 0.29) is 11.3 Å². The number of anilines is 1. The highest BCUT2D eigenvalue weighted by molar-refractivity contribution is 5.41. The fraction of sp³-hybridized carbons (Fsp3) is 0.348. The van der Waals surface area contributed by atoms with Gasteiger partial charge in [0, 0.05) is 50.8 Å². The van der Waals surface area contributed by atoms with E-state index < -0.39 is 6.04 Å². The second-order valence-corrected chi connectivity index (χ2v) is 7.50. The van der Waals surface area contributed by atoms with Crippen molar-refractivity contribution in [1.82, 2.24) is 19.4 Å². The Morgan fingerprint density at radius 3 is 2.33 bits per heavy atom. The molecule has 0 aliphatic carbocycles. The van der Waals surface area contributed by atoms with Crippen LogP contribution in [0.4, 0.5) is 5.82 Å². The van der Waals surface area contributed by atoms with Gasteiger partial charge in [0.25, 0.3) is 5.56 Å². The van der Waals surface area contributed by atoms with Gasteiger partial charge in [-0.25, -0.2) is 4.98 Å². The van der Waals surface area contributed by atoms with Crippen molar-refractivity contribution in [3.63, 3.8) is 0 Å². The molecule has 3 aromatic rings. The van der Waals surface area contributed by atoms with E-state index in [1.54, 1.807) is 23.0 Å². The summed E-state index contributed by atoms with van der Waals surface area (Å²) in [4.78, 5) is 26.8. The second kappa shape index (κ2) is 8.67. The SMILES string of the molecule is CCn1c(C)cc(O)c([C@@H](c2ccccn2)N2CCN(c3ccccn3)CC2)c1=O. The monoisotopic (exact) mass is 405 g/mol. The minimum atomic E-state index is -0.400. The third kappa shape index (κ3) is 3.80. The van der Waals surface area contributed by atoms with E-state index in [0.29, 0.717) is 12.1 Å². The fourth-order valence-electron chi connectivity index (χ4n) is 4.22. The molecule has 1 aliphatic heterocycles. The minimum absolute atomic E-state index is 0.0324. The number of aryl methyl sites for hydroxylation is 1. The smallest absolute Gasteiger partial charge is 0.259 e. The van der Waals surface area contributed by atoms with Gasteiger partial charge in [-0.1, -0.05) is 12.1 Å². The van der Waals surface area contributed by atoms with Crippen molar-refractivity contribution in [1.29, 1.82) is 0 Å². The summed E-state index contributed by atoms with van der Waals surface area (Å²) in [6, 6.07) is 12.9. The zero-order valence-electron chi connectivity index (χ0n) is 17.4. The molecule has 1 atom stereocenters. The van der Waals surface area contributed by atoms with Crippen molar-refractivity contribution < 1.29 is 5.11 Å². The van der Waals surface area contributed by atoms with Crippen LogP contribution in [0.2, 0.25) is 0 Å². The molecule has 7 heteroatoms. The molecule has 1 N–H and O–H groups in total. The van der Waals surface area contributed by atoms with Gasteiger partial charge in [-0.2, -0.15) is 0 Å². The third-order valence-electron chi connectivity index (χ3n) is 5.73. The highest BCUT2D eigenvalue weighted by Crippen LogP contribution is 2.32. The van der Waals surface area contributed by atoms with Gasteiger partial charge in [-0.05, 0) is 44.2 Å². The standard InChI is InChI=1S/C23H27N5O2/c1-3-28-17(2)16-19(29)21(23(28)30)22(18-8-4-6-10-24-18)27-14-12-26(13-15-27)20-9-5-7-11-25-20/h4-11,16,22,29H,3,12-15H2,1-2H3/t22-/m1/s1. The van der Waals surface area contributed by atoms with E-state index in [9.17, 15) is 9.90 Å². The van der Waals surface area contributed by atoms with Gasteiger partial charge in [0.15, 0.2) is 0 Å². The molecule has 0 aromatic carbocycles. The van der Waals surface area contributed by atoms with Gasteiger partial charge >= 0.3 is 0 Å². The average molecular weight is 406 g/mol. The molecule has 0 amide bonds. The lowest BCUT2D eigenvalue weighted by Crippen LogP contribution is -2.49. The lowest BCUT2D eigenvalue weighted by Gasteiger charge is -2.39. The molecule has 0 unspecified atom stereocenters. The van der Waals surface area contributed by atoms with Crippen molar-refractivity contribution in [2.45, 2.75) is 26.4 Å². The highest BCUT2D eigenvalue weighted by atomic mass is 16.3. The molecule has 30 heavy (non-hydrogen) atoms. The maximum absolute atomic E-state index is 13.3. The summed E-state index contributed by atoms with van der Waals surface area (Å²) in [5.74, 6) is 0.989. The summed E-state index contributed by atoms with van der Waals surface area (Å²) >= 11 is 0. The maximum atomic E-state index is 13.3. The van der Waals surface area contributed by atoms with Crippen LogP contribution in [0.15, 0.2) is 59.7 Å². The number of nitrogens with zero attached hydrogens (tertiary/aromatic N) is 5. The predicted molar refractivity (Wildman–Crippen MR) is 117 cm³/mol. The highest BCUT2D eigenvalue weighted by Gasteiger charge is 2.32. The zero-order chi connectivity index (χ0) is 21.1. The lowest BCUT2D eigenvalue weighted by molar-refractivity contribution is 0.204. The Morgan fingerprint density at radius 1 is 1.03 bits per heavy atom. The molecule has 4 rings (SSSR count). The van der Waals surface area contributed by atoms with E-state index in [4.69, 9.17) is 0 Å². The van der Waals surface area contributed by atoms with Crippen LogP contribution < -0.4 is 10.5 Å². The van der Waals surface area contributed by atoms with Crippen LogP contribution in [0.25, 0.3) is 0 Å². The topological polar surface area (TPSA) is 74.5 Å². The van der Waals surface area contributed by atoms with Gasteiger partial charge < -0.3 is 14.6 Å². The first-order chi connectivity index (χ1) is 14.6. The van der Waals surface area contributed by atoms with E-state index in [0.717, 1.165) is 43.4 Å². The minimum Gasteiger partial charge on any atom is -0.507 e. The number of piperazine rings is 1. The van der Waals surface area contributed by atoms with E-state index in [1.807, 2.05) is 50.2 Å². The Morgan fingerprint density at radius 2 is 1.73 bits per heavy atom. The van der Waals surface area contributed by atoms with Crippen molar-refractivity contribution in [3.05, 3.63) is 82.2 Å². The molecule has 0 spiro atoms. The van der Waals surface area contributed by atoms with Crippen molar-refractivity contribution in [2.75, 3.05) is 31.1 Å². The molecule has 1 saturated heterocycles. The van der Waals surface area contributed by atoms with Crippen LogP contribution >= 0.6 is 0 Å². The van der Waals surface area contributed by atoms with Crippen molar-refractivity contribution in [2.24, 2.45) is 0 Å². The lowest BCUT2D eigenvalue weighted by atomic mass is 10.00. The molecule has 4 heterocycles. The molecule has 156 valence electrons. The number of aromatic hydroxyl groups is 1. The van der Waals surface area contributed by atoms with Gasteiger partial charge in [-0.3, -0.25) is 14.7 Å². The third-order valence-corrected chi connectivity index (χ3v) is 5.73. The van der Waals surface area contributed by atoms with Gasteiger partial charge in [0.1, 0.15) is 11.6 Å². The second-order valence-electron chi connectivity index (χ2n) is 7.50. The Bertz CT molecular complexity index is 1040. The van der Waals surface area contributed by atoms with Gasteiger partial charge in [0.2, 0.25) is 0 Å². The van der Waals surface area contributed by atoms with E-state index in [1.165, 1.54) is 0 Å².